The van der Waals surface area contributed by atoms with Crippen molar-refractivity contribution in [3.8, 4) is 5.75 Å². The third-order valence-electron chi connectivity index (χ3n) is 2.74. The van der Waals surface area contributed by atoms with Gasteiger partial charge in [-0.25, -0.2) is 4.79 Å². The maximum atomic E-state index is 11.5. The number of phenolic OH excluding ortho intramolecular Hbond substituents is 1. The number of rotatable bonds is 6. The van der Waals surface area contributed by atoms with Crippen molar-refractivity contribution in [2.24, 2.45) is 11.7 Å². The van der Waals surface area contributed by atoms with Gasteiger partial charge in [-0.05, 0) is 37.1 Å². The first-order valence-electron chi connectivity index (χ1n) is 7.01. The molecule has 0 aliphatic carbocycles. The van der Waals surface area contributed by atoms with Crippen LogP contribution >= 0.6 is 0 Å². The molecule has 0 bridgehead atoms. The molecule has 6 nitrogen and oxygen atoms in total. The number of hydrogen-bond acceptors (Lipinski definition) is 6. The fourth-order valence-corrected chi connectivity index (χ4v) is 1.27. The summed E-state index contributed by atoms with van der Waals surface area (Å²) in [6, 6.07) is 5.63. The minimum absolute atomic E-state index is 0.122. The smallest absolute Gasteiger partial charge is 0.338 e. The van der Waals surface area contributed by atoms with Crippen LogP contribution in [0.15, 0.2) is 24.3 Å². The van der Waals surface area contributed by atoms with E-state index in [0.717, 1.165) is 6.29 Å². The molecule has 1 aromatic carbocycles. The molecule has 0 radical (unpaired) electrons. The second kappa shape index (κ2) is 10.8. The molecule has 0 heterocycles. The number of carbonyl (C=O) groups excluding carboxylic acids is 2. The molecule has 0 spiro atoms. The Morgan fingerprint density at radius 1 is 1.27 bits per heavy atom. The van der Waals surface area contributed by atoms with Crippen LogP contribution in [0.25, 0.3) is 0 Å². The van der Waals surface area contributed by atoms with E-state index in [9.17, 15) is 9.59 Å². The van der Waals surface area contributed by atoms with Crippen LogP contribution in [0.3, 0.4) is 0 Å². The molecule has 124 valence electrons. The highest BCUT2D eigenvalue weighted by atomic mass is 16.6. The lowest BCUT2D eigenvalue weighted by Crippen LogP contribution is -2.27. The van der Waals surface area contributed by atoms with E-state index in [4.69, 9.17) is 20.3 Å². The molecule has 0 aliphatic heterocycles. The number of methoxy groups -OCH3 is 1. The molecule has 0 fully saturated rings. The molecular weight excluding hydrogens is 286 g/mol. The molecule has 1 aromatic rings. The van der Waals surface area contributed by atoms with Crippen LogP contribution in [0.4, 0.5) is 0 Å². The summed E-state index contributed by atoms with van der Waals surface area (Å²) < 4.78 is 9.91. The minimum atomic E-state index is -0.417. The molecule has 2 unspecified atom stereocenters. The van der Waals surface area contributed by atoms with Gasteiger partial charge in [0, 0.05) is 7.11 Å². The number of esters is 1. The Morgan fingerprint density at radius 3 is 2.18 bits per heavy atom. The molecule has 0 aliphatic rings. The zero-order valence-corrected chi connectivity index (χ0v) is 13.5. The van der Waals surface area contributed by atoms with E-state index < -0.39 is 5.97 Å². The van der Waals surface area contributed by atoms with Crippen LogP contribution in [-0.2, 0) is 14.3 Å². The van der Waals surface area contributed by atoms with Crippen molar-refractivity contribution < 1.29 is 24.2 Å². The van der Waals surface area contributed by atoms with Gasteiger partial charge in [0.25, 0.3) is 0 Å². The molecule has 0 amide bonds. The van der Waals surface area contributed by atoms with Gasteiger partial charge >= 0.3 is 5.97 Å². The normalized spacial score (nSPS) is 12.8. The number of carbonyl (C=O) groups is 2. The van der Waals surface area contributed by atoms with E-state index in [2.05, 4.69) is 0 Å². The van der Waals surface area contributed by atoms with Crippen molar-refractivity contribution >= 4 is 12.3 Å². The van der Waals surface area contributed by atoms with Gasteiger partial charge in [0.15, 0.2) is 0 Å². The third-order valence-corrected chi connectivity index (χ3v) is 2.74. The average molecular weight is 311 g/mol. The van der Waals surface area contributed by atoms with Crippen LogP contribution in [0.2, 0.25) is 0 Å². The molecule has 0 saturated heterocycles. The van der Waals surface area contributed by atoms with E-state index >= 15 is 0 Å². The number of hydrogen-bond donors (Lipinski definition) is 2. The molecule has 0 saturated carbocycles. The van der Waals surface area contributed by atoms with Crippen molar-refractivity contribution in [1.29, 1.82) is 0 Å². The maximum absolute atomic E-state index is 11.5. The lowest BCUT2D eigenvalue weighted by Gasteiger charge is -2.11. The molecule has 2 atom stereocenters. The van der Waals surface area contributed by atoms with Crippen molar-refractivity contribution in [1.82, 2.24) is 0 Å². The predicted molar refractivity (Wildman–Crippen MR) is 83.7 cm³/mol. The number of benzene rings is 1. The van der Waals surface area contributed by atoms with Gasteiger partial charge < -0.3 is 25.1 Å². The summed E-state index contributed by atoms with van der Waals surface area (Å²) in [5.74, 6) is -0.0199. The Kier molecular flexibility index (Phi) is 9.82. The van der Waals surface area contributed by atoms with Crippen molar-refractivity contribution in [3.63, 3.8) is 0 Å². The van der Waals surface area contributed by atoms with E-state index in [1.165, 1.54) is 24.3 Å². The summed E-state index contributed by atoms with van der Waals surface area (Å²) in [6.07, 6.45) is 0.487. The highest BCUT2D eigenvalue weighted by molar-refractivity contribution is 5.89. The Labute approximate surface area is 131 Å². The molecular formula is C16H25NO5. The fourth-order valence-electron chi connectivity index (χ4n) is 1.27. The van der Waals surface area contributed by atoms with E-state index in [0.29, 0.717) is 12.2 Å². The standard InChI is InChI=1S/C11H14O4.C5H11NO/c1-8(7-14-2)15-11(13)9-3-5-10(12)6-4-9;1-4(2)5(6)3-7/h3-6,8,12H,7H2,1-2H3;3-5H,6H2,1-2H3. The quantitative estimate of drug-likeness (QED) is 0.613. The Morgan fingerprint density at radius 2 is 1.82 bits per heavy atom. The van der Waals surface area contributed by atoms with Crippen LogP contribution < -0.4 is 5.73 Å². The number of phenols is 1. The van der Waals surface area contributed by atoms with Crippen molar-refractivity contribution in [3.05, 3.63) is 29.8 Å². The van der Waals surface area contributed by atoms with Crippen molar-refractivity contribution in [2.45, 2.75) is 32.9 Å². The van der Waals surface area contributed by atoms with Crippen LogP contribution in [0.1, 0.15) is 31.1 Å². The SMILES string of the molecule is CC(C)C(N)C=O.COCC(C)OC(=O)c1ccc(O)cc1. The zero-order valence-electron chi connectivity index (χ0n) is 13.5. The first-order chi connectivity index (χ1) is 10.3. The van der Waals surface area contributed by atoms with Crippen LogP contribution in [-0.4, -0.2) is 43.2 Å². The van der Waals surface area contributed by atoms with E-state index in [1.54, 1.807) is 14.0 Å². The fraction of sp³-hybridized carbons (Fsp3) is 0.500. The Hall–Kier alpha value is -1.92. The summed E-state index contributed by atoms with van der Waals surface area (Å²) in [4.78, 5) is 21.3. The zero-order chi connectivity index (χ0) is 17.1. The average Bonchev–Trinajstić information content (AvgIpc) is 2.47. The highest BCUT2D eigenvalue weighted by Crippen LogP contribution is 2.11. The second-order valence-electron chi connectivity index (χ2n) is 5.18. The second-order valence-corrected chi connectivity index (χ2v) is 5.18. The van der Waals surface area contributed by atoms with Gasteiger partial charge in [0.1, 0.15) is 18.1 Å². The van der Waals surface area contributed by atoms with Gasteiger partial charge in [-0.15, -0.1) is 0 Å². The van der Waals surface area contributed by atoms with Gasteiger partial charge in [0.05, 0.1) is 18.2 Å². The number of aromatic hydroxyl groups is 1. The van der Waals surface area contributed by atoms with Crippen LogP contribution in [0.5, 0.6) is 5.75 Å². The molecule has 22 heavy (non-hydrogen) atoms. The molecule has 3 N–H and O–H groups in total. The van der Waals surface area contributed by atoms with Crippen LogP contribution in [0, 0.1) is 5.92 Å². The summed E-state index contributed by atoms with van der Waals surface area (Å²) in [5.41, 5.74) is 5.66. The first kappa shape index (κ1) is 20.1. The maximum Gasteiger partial charge on any atom is 0.338 e. The summed E-state index contributed by atoms with van der Waals surface area (Å²) in [7, 11) is 1.55. The largest absolute Gasteiger partial charge is 0.508 e. The lowest BCUT2D eigenvalue weighted by molar-refractivity contribution is -0.109. The van der Waals surface area contributed by atoms with Gasteiger partial charge in [0.2, 0.25) is 0 Å². The Balaban J connectivity index is 0.000000534. The first-order valence-corrected chi connectivity index (χ1v) is 7.01. The summed E-state index contributed by atoms with van der Waals surface area (Å²) >= 11 is 0. The topological polar surface area (TPSA) is 98.9 Å². The lowest BCUT2D eigenvalue weighted by atomic mass is 10.1. The minimum Gasteiger partial charge on any atom is -0.508 e. The third kappa shape index (κ3) is 8.39. The predicted octanol–water partition coefficient (Wildman–Crippen LogP) is 1.75. The summed E-state index contributed by atoms with van der Waals surface area (Å²) in [5, 5.41) is 9.03. The van der Waals surface area contributed by atoms with E-state index in [1.807, 2.05) is 13.8 Å². The highest BCUT2D eigenvalue weighted by Gasteiger charge is 2.11. The number of nitrogens with two attached hydrogens (primary N) is 1. The summed E-state index contributed by atoms with van der Waals surface area (Å²) in [6.45, 7) is 5.95. The molecule has 1 rings (SSSR count). The van der Waals surface area contributed by atoms with Crippen molar-refractivity contribution in [2.75, 3.05) is 13.7 Å². The van der Waals surface area contributed by atoms with Gasteiger partial charge in [-0.2, -0.15) is 0 Å². The van der Waals surface area contributed by atoms with E-state index in [-0.39, 0.29) is 23.8 Å². The number of aldehydes is 1. The Bertz CT molecular complexity index is 444. The molecule has 0 aromatic heterocycles. The number of ether oxygens (including phenoxy) is 2. The van der Waals surface area contributed by atoms with Gasteiger partial charge in [-0.1, -0.05) is 13.8 Å². The molecule has 6 heteroatoms. The van der Waals surface area contributed by atoms with Gasteiger partial charge in [-0.3, -0.25) is 0 Å². The monoisotopic (exact) mass is 311 g/mol.